The Morgan fingerprint density at radius 2 is 1.58 bits per heavy atom. The lowest BCUT2D eigenvalue weighted by Gasteiger charge is -2.38. The molecular weight excluding hydrogens is 292 g/mol. The molecule has 0 aromatic rings. The van der Waals surface area contributed by atoms with Gasteiger partial charge in [0.2, 0.25) is 10.0 Å². The second-order valence-electron chi connectivity index (χ2n) is 5.24. The van der Waals surface area contributed by atoms with Crippen LogP contribution in [0.15, 0.2) is 0 Å². The van der Waals surface area contributed by atoms with Crippen LogP contribution in [-0.4, -0.2) is 76.9 Å². The van der Waals surface area contributed by atoms with Gasteiger partial charge in [0.25, 0.3) is 10.1 Å². The van der Waals surface area contributed by atoms with Gasteiger partial charge in [0.05, 0.1) is 19.1 Å². The van der Waals surface area contributed by atoms with Crippen LogP contribution >= 0.6 is 0 Å². The van der Waals surface area contributed by atoms with Gasteiger partial charge in [-0.2, -0.15) is 12.7 Å². The van der Waals surface area contributed by atoms with Gasteiger partial charge in [0.15, 0.2) is 0 Å². The Morgan fingerprint density at radius 1 is 1.05 bits per heavy atom. The van der Waals surface area contributed by atoms with Crippen molar-refractivity contribution >= 4 is 20.1 Å². The summed E-state index contributed by atoms with van der Waals surface area (Å²) in [4.78, 5) is 2.09. The van der Waals surface area contributed by atoms with Crippen molar-refractivity contribution in [3.8, 4) is 0 Å². The maximum atomic E-state index is 11.6. The molecule has 9 heteroatoms. The fraction of sp³-hybridized carbons (Fsp3) is 1.00. The van der Waals surface area contributed by atoms with Crippen molar-refractivity contribution in [2.24, 2.45) is 0 Å². The van der Waals surface area contributed by atoms with Crippen LogP contribution in [0.25, 0.3) is 0 Å². The van der Waals surface area contributed by atoms with Crippen LogP contribution in [0.2, 0.25) is 0 Å². The predicted molar refractivity (Wildman–Crippen MR) is 70.8 cm³/mol. The van der Waals surface area contributed by atoms with Crippen molar-refractivity contribution in [2.45, 2.75) is 18.4 Å². The van der Waals surface area contributed by atoms with E-state index in [1.807, 2.05) is 0 Å². The summed E-state index contributed by atoms with van der Waals surface area (Å²) in [6, 6.07) is 0. The van der Waals surface area contributed by atoms with E-state index in [9.17, 15) is 16.8 Å². The van der Waals surface area contributed by atoms with Gasteiger partial charge in [0.1, 0.15) is 0 Å². The van der Waals surface area contributed by atoms with Crippen LogP contribution < -0.4 is 0 Å². The Kier molecular flexibility index (Phi) is 3.96. The average molecular weight is 312 g/mol. The van der Waals surface area contributed by atoms with Gasteiger partial charge in [-0.1, -0.05) is 0 Å². The largest absolute Gasteiger partial charge is 0.294 e. The molecule has 0 aromatic heterocycles. The van der Waals surface area contributed by atoms with Crippen LogP contribution in [0.3, 0.4) is 0 Å². The molecule has 19 heavy (non-hydrogen) atoms. The fourth-order valence-corrected chi connectivity index (χ4v) is 4.65. The Morgan fingerprint density at radius 3 is 1.95 bits per heavy atom. The van der Waals surface area contributed by atoms with Crippen molar-refractivity contribution in [2.75, 3.05) is 45.3 Å². The molecule has 0 bridgehead atoms. The topological polar surface area (TPSA) is 84.0 Å². The lowest BCUT2D eigenvalue weighted by molar-refractivity contribution is 0.132. The van der Waals surface area contributed by atoms with Crippen LogP contribution in [0.5, 0.6) is 0 Å². The van der Waals surface area contributed by atoms with E-state index in [4.69, 9.17) is 0 Å². The summed E-state index contributed by atoms with van der Waals surface area (Å²) in [7, 11) is -5.46. The van der Waals surface area contributed by atoms with E-state index in [0.29, 0.717) is 26.2 Å². The number of piperazine rings is 1. The summed E-state index contributed by atoms with van der Waals surface area (Å²) in [5.74, 6) is -0.00459. The summed E-state index contributed by atoms with van der Waals surface area (Å²) in [6.07, 6.45) is 2.86. The zero-order valence-electron chi connectivity index (χ0n) is 11.2. The molecule has 1 aliphatic carbocycles. The summed E-state index contributed by atoms with van der Waals surface area (Å²) in [5.41, 5.74) is -0.335. The van der Waals surface area contributed by atoms with Gasteiger partial charge in [-0.3, -0.25) is 9.08 Å². The predicted octanol–water partition coefficient (Wildman–Crippen LogP) is -0.928. The molecule has 0 unspecified atom stereocenters. The number of hydrogen-bond acceptors (Lipinski definition) is 6. The molecule has 112 valence electrons. The lowest BCUT2D eigenvalue weighted by atomic mass is 10.2. The van der Waals surface area contributed by atoms with Crippen LogP contribution in [0, 0.1) is 0 Å². The minimum Gasteiger partial charge on any atom is -0.294 e. The summed E-state index contributed by atoms with van der Waals surface area (Å²) >= 11 is 0. The Balaban J connectivity index is 1.99. The highest BCUT2D eigenvalue weighted by Gasteiger charge is 2.51. The molecule has 1 aliphatic heterocycles. The van der Waals surface area contributed by atoms with Gasteiger partial charge in [0, 0.05) is 31.7 Å². The first-order valence-electron chi connectivity index (χ1n) is 6.17. The summed E-state index contributed by atoms with van der Waals surface area (Å²) in [6.45, 7) is 2.00. The summed E-state index contributed by atoms with van der Waals surface area (Å²) < 4.78 is 51.9. The van der Waals surface area contributed by atoms with Crippen LogP contribution in [-0.2, 0) is 24.3 Å². The number of nitrogens with zero attached hydrogens (tertiary/aromatic N) is 2. The molecule has 0 radical (unpaired) electrons. The quantitative estimate of drug-likeness (QED) is 0.610. The maximum Gasteiger partial charge on any atom is 0.268 e. The third-order valence-corrected chi connectivity index (χ3v) is 6.61. The molecule has 1 saturated heterocycles. The normalized spacial score (nSPS) is 25.4. The van der Waals surface area contributed by atoms with Gasteiger partial charge < -0.3 is 0 Å². The van der Waals surface area contributed by atoms with Gasteiger partial charge in [-0.25, -0.2) is 8.42 Å². The van der Waals surface area contributed by atoms with E-state index in [0.717, 1.165) is 12.8 Å². The molecule has 0 N–H and O–H groups in total. The highest BCUT2D eigenvalue weighted by Crippen LogP contribution is 2.43. The van der Waals surface area contributed by atoms with E-state index in [2.05, 4.69) is 9.08 Å². The van der Waals surface area contributed by atoms with E-state index in [1.54, 1.807) is 0 Å². The lowest BCUT2D eigenvalue weighted by Crippen LogP contribution is -2.54. The number of hydrogen-bond donors (Lipinski definition) is 0. The summed E-state index contributed by atoms with van der Waals surface area (Å²) in [5, 5.41) is 0. The van der Waals surface area contributed by atoms with E-state index < -0.39 is 20.1 Å². The molecule has 1 heterocycles. The third kappa shape index (κ3) is 3.46. The van der Waals surface area contributed by atoms with Crippen LogP contribution in [0.1, 0.15) is 12.8 Å². The SMILES string of the molecule is COS(=O)(=O)CC1(N2CCN(S(C)(=O)=O)CC2)CC1. The molecule has 0 aromatic carbocycles. The second-order valence-corrected chi connectivity index (χ2v) is 8.96. The van der Waals surface area contributed by atoms with E-state index in [-0.39, 0.29) is 11.3 Å². The third-order valence-electron chi connectivity index (χ3n) is 3.91. The maximum absolute atomic E-state index is 11.6. The van der Waals surface area contributed by atoms with Gasteiger partial charge in [-0.15, -0.1) is 0 Å². The molecular formula is C10H20N2O5S2. The second kappa shape index (κ2) is 4.96. The van der Waals surface area contributed by atoms with Crippen molar-refractivity contribution in [1.29, 1.82) is 0 Å². The average Bonchev–Trinajstić information content (AvgIpc) is 3.08. The monoisotopic (exact) mass is 312 g/mol. The first-order valence-corrected chi connectivity index (χ1v) is 9.60. The van der Waals surface area contributed by atoms with E-state index in [1.165, 1.54) is 17.7 Å². The smallest absolute Gasteiger partial charge is 0.268 e. The molecule has 2 fully saturated rings. The van der Waals surface area contributed by atoms with Crippen molar-refractivity contribution in [3.63, 3.8) is 0 Å². The standard InChI is InChI=1S/C10H20N2O5S2/c1-17-19(15,16)9-10(3-4-10)11-5-7-12(8-6-11)18(2,13)14/h3-9H2,1-2H3. The molecule has 1 saturated carbocycles. The molecule has 0 atom stereocenters. The van der Waals surface area contributed by atoms with Gasteiger partial charge in [-0.05, 0) is 12.8 Å². The minimum atomic E-state index is -3.48. The minimum absolute atomic E-state index is 0.00459. The molecule has 2 rings (SSSR count). The molecule has 7 nitrogen and oxygen atoms in total. The van der Waals surface area contributed by atoms with Crippen molar-refractivity contribution < 1.29 is 21.0 Å². The Hall–Kier alpha value is -0.220. The van der Waals surface area contributed by atoms with E-state index >= 15 is 0 Å². The zero-order valence-corrected chi connectivity index (χ0v) is 12.8. The Labute approximate surface area is 114 Å². The fourth-order valence-electron chi connectivity index (χ4n) is 2.58. The Bertz CT molecular complexity index is 530. The first kappa shape index (κ1) is 15.2. The highest BCUT2D eigenvalue weighted by atomic mass is 32.2. The highest BCUT2D eigenvalue weighted by molar-refractivity contribution is 7.88. The molecule has 0 spiro atoms. The van der Waals surface area contributed by atoms with Gasteiger partial charge >= 0.3 is 0 Å². The number of rotatable bonds is 5. The van der Waals surface area contributed by atoms with Crippen molar-refractivity contribution in [1.82, 2.24) is 9.21 Å². The molecule has 2 aliphatic rings. The number of sulfonamides is 1. The van der Waals surface area contributed by atoms with Crippen LogP contribution in [0.4, 0.5) is 0 Å². The first-order chi connectivity index (χ1) is 8.69. The van der Waals surface area contributed by atoms with Crippen molar-refractivity contribution in [3.05, 3.63) is 0 Å². The molecule has 0 amide bonds. The zero-order chi connectivity index (χ0) is 14.3.